The van der Waals surface area contributed by atoms with E-state index in [0.717, 1.165) is 10.6 Å². The Labute approximate surface area is 121 Å². The second-order valence-electron chi connectivity index (χ2n) is 4.00. The van der Waals surface area contributed by atoms with Crippen LogP contribution < -0.4 is 10.1 Å². The summed E-state index contributed by atoms with van der Waals surface area (Å²) in [7, 11) is 1.40. The van der Waals surface area contributed by atoms with Gasteiger partial charge in [0.05, 0.1) is 25.5 Å². The van der Waals surface area contributed by atoms with E-state index in [9.17, 15) is 9.90 Å². The minimum atomic E-state index is -1.05. The second-order valence-corrected chi connectivity index (χ2v) is 5.31. The second kappa shape index (κ2) is 7.98. The molecule has 0 radical (unpaired) electrons. The van der Waals surface area contributed by atoms with Gasteiger partial charge < -0.3 is 25.4 Å². The van der Waals surface area contributed by atoms with Crippen molar-refractivity contribution in [3.8, 4) is 5.75 Å². The van der Waals surface area contributed by atoms with Crippen LogP contribution in [0.5, 0.6) is 5.75 Å². The Hall–Kier alpha value is -1.44. The number of methoxy groups -OCH3 is 1. The van der Waals surface area contributed by atoms with Crippen LogP contribution in [0.2, 0.25) is 0 Å². The topological polar surface area (TPSA) is 99.0 Å². The van der Waals surface area contributed by atoms with Crippen molar-refractivity contribution in [3.63, 3.8) is 0 Å². The minimum absolute atomic E-state index is 0.0942. The largest absolute Gasteiger partial charge is 0.496 e. The SMILES string of the molecule is CCSc1cc(C(=O)O)c(OC)cc1NCC(O)CO. The number of benzene rings is 1. The molecule has 7 heteroatoms. The van der Waals surface area contributed by atoms with E-state index in [-0.39, 0.29) is 24.5 Å². The lowest BCUT2D eigenvalue weighted by Crippen LogP contribution is -2.23. The van der Waals surface area contributed by atoms with Gasteiger partial charge in [-0.15, -0.1) is 11.8 Å². The molecule has 1 aromatic rings. The van der Waals surface area contributed by atoms with Gasteiger partial charge in [-0.05, 0) is 11.8 Å². The zero-order valence-electron chi connectivity index (χ0n) is 11.4. The highest BCUT2D eigenvalue weighted by Gasteiger charge is 2.16. The molecule has 112 valence electrons. The molecule has 0 fully saturated rings. The predicted octanol–water partition coefficient (Wildman–Crippen LogP) is 1.27. The van der Waals surface area contributed by atoms with E-state index in [1.165, 1.54) is 18.9 Å². The molecule has 1 rings (SSSR count). The zero-order valence-corrected chi connectivity index (χ0v) is 12.2. The number of hydrogen-bond acceptors (Lipinski definition) is 6. The van der Waals surface area contributed by atoms with Gasteiger partial charge in [0.25, 0.3) is 0 Å². The van der Waals surface area contributed by atoms with Crippen molar-refractivity contribution >= 4 is 23.4 Å². The van der Waals surface area contributed by atoms with Crippen molar-refractivity contribution in [2.45, 2.75) is 17.9 Å². The Kier molecular flexibility index (Phi) is 6.63. The summed E-state index contributed by atoms with van der Waals surface area (Å²) < 4.78 is 5.07. The molecule has 0 saturated heterocycles. The maximum Gasteiger partial charge on any atom is 0.339 e. The molecule has 20 heavy (non-hydrogen) atoms. The number of anilines is 1. The maximum absolute atomic E-state index is 11.2. The Morgan fingerprint density at radius 2 is 2.20 bits per heavy atom. The summed E-state index contributed by atoms with van der Waals surface area (Å²) in [6.07, 6.45) is -0.875. The molecule has 0 aromatic heterocycles. The van der Waals surface area contributed by atoms with Crippen molar-refractivity contribution in [3.05, 3.63) is 17.7 Å². The molecule has 6 nitrogen and oxygen atoms in total. The van der Waals surface area contributed by atoms with E-state index in [1.807, 2.05) is 6.92 Å². The van der Waals surface area contributed by atoms with Crippen LogP contribution in [0.4, 0.5) is 5.69 Å². The molecule has 1 unspecified atom stereocenters. The highest BCUT2D eigenvalue weighted by atomic mass is 32.2. The minimum Gasteiger partial charge on any atom is -0.496 e. The number of carboxylic acids is 1. The summed E-state index contributed by atoms with van der Waals surface area (Å²) in [6, 6.07) is 3.13. The standard InChI is InChI=1S/C13H19NO5S/c1-3-20-12-4-9(13(17)18)11(19-2)5-10(12)14-6-8(16)7-15/h4-5,8,14-16H,3,6-7H2,1-2H3,(H,17,18). The van der Waals surface area contributed by atoms with Crippen LogP contribution in [-0.4, -0.2) is 53.4 Å². The number of carboxylic acid groups (broad SMARTS) is 1. The fraction of sp³-hybridized carbons (Fsp3) is 0.462. The van der Waals surface area contributed by atoms with Gasteiger partial charge in [0, 0.05) is 17.5 Å². The van der Waals surface area contributed by atoms with E-state index in [1.54, 1.807) is 12.1 Å². The lowest BCUT2D eigenvalue weighted by atomic mass is 10.1. The third-order valence-electron chi connectivity index (χ3n) is 2.57. The van der Waals surface area contributed by atoms with E-state index >= 15 is 0 Å². The van der Waals surface area contributed by atoms with Crippen LogP contribution >= 0.6 is 11.8 Å². The average Bonchev–Trinajstić information content (AvgIpc) is 2.45. The number of hydrogen-bond donors (Lipinski definition) is 4. The lowest BCUT2D eigenvalue weighted by Gasteiger charge is -2.16. The molecular formula is C13H19NO5S. The summed E-state index contributed by atoms with van der Waals surface area (Å²) >= 11 is 1.49. The third kappa shape index (κ3) is 4.29. The molecule has 0 heterocycles. The highest BCUT2D eigenvalue weighted by molar-refractivity contribution is 7.99. The number of nitrogens with one attached hydrogen (secondary N) is 1. The first-order chi connectivity index (χ1) is 9.53. The van der Waals surface area contributed by atoms with Gasteiger partial charge >= 0.3 is 5.97 Å². The van der Waals surface area contributed by atoms with Crippen LogP contribution in [0.1, 0.15) is 17.3 Å². The van der Waals surface area contributed by atoms with Crippen LogP contribution in [0.3, 0.4) is 0 Å². The van der Waals surface area contributed by atoms with Gasteiger partial charge in [0.2, 0.25) is 0 Å². The van der Waals surface area contributed by atoms with E-state index < -0.39 is 12.1 Å². The number of carbonyl (C=O) groups is 1. The van der Waals surface area contributed by atoms with Gasteiger partial charge in [0.1, 0.15) is 11.3 Å². The first-order valence-corrected chi connectivity index (χ1v) is 7.12. The zero-order chi connectivity index (χ0) is 15.1. The van der Waals surface area contributed by atoms with Gasteiger partial charge in [0.15, 0.2) is 0 Å². The summed E-state index contributed by atoms with van der Waals surface area (Å²) in [6.45, 7) is 1.79. The highest BCUT2D eigenvalue weighted by Crippen LogP contribution is 2.34. The van der Waals surface area contributed by atoms with Crippen molar-refractivity contribution in [1.29, 1.82) is 0 Å². The molecule has 1 aromatic carbocycles. The molecule has 0 aliphatic carbocycles. The average molecular weight is 301 g/mol. The van der Waals surface area contributed by atoms with Crippen molar-refractivity contribution in [2.75, 3.05) is 31.3 Å². The number of rotatable bonds is 8. The molecule has 4 N–H and O–H groups in total. The summed E-state index contributed by atoms with van der Waals surface area (Å²) in [5.41, 5.74) is 0.767. The lowest BCUT2D eigenvalue weighted by molar-refractivity contribution is 0.0693. The van der Waals surface area contributed by atoms with Crippen LogP contribution in [-0.2, 0) is 0 Å². The fourth-order valence-electron chi connectivity index (χ4n) is 1.60. The molecule has 0 saturated carbocycles. The smallest absolute Gasteiger partial charge is 0.339 e. The van der Waals surface area contributed by atoms with Crippen molar-refractivity contribution in [1.82, 2.24) is 0 Å². The molecule has 0 bridgehead atoms. The molecule has 0 aliphatic heterocycles. The van der Waals surface area contributed by atoms with Crippen LogP contribution in [0, 0.1) is 0 Å². The predicted molar refractivity (Wildman–Crippen MR) is 77.9 cm³/mol. The summed E-state index contributed by atoms with van der Waals surface area (Å²) in [5, 5.41) is 30.3. The number of aromatic carboxylic acids is 1. The van der Waals surface area contributed by atoms with E-state index in [2.05, 4.69) is 5.32 Å². The number of thioether (sulfide) groups is 1. The first kappa shape index (κ1) is 16.6. The molecule has 0 amide bonds. The number of aliphatic hydroxyl groups is 2. The normalized spacial score (nSPS) is 12.0. The van der Waals surface area contributed by atoms with Crippen molar-refractivity contribution < 1.29 is 24.9 Å². The van der Waals surface area contributed by atoms with Gasteiger partial charge in [-0.25, -0.2) is 4.79 Å². The summed E-state index contributed by atoms with van der Waals surface area (Å²) in [4.78, 5) is 11.9. The Morgan fingerprint density at radius 1 is 1.50 bits per heavy atom. The number of aliphatic hydroxyl groups excluding tert-OH is 2. The Balaban J connectivity index is 3.09. The third-order valence-corrected chi connectivity index (χ3v) is 3.51. The Morgan fingerprint density at radius 3 is 2.70 bits per heavy atom. The number of ether oxygens (including phenoxy) is 1. The quantitative estimate of drug-likeness (QED) is 0.537. The first-order valence-electron chi connectivity index (χ1n) is 6.14. The molecular weight excluding hydrogens is 282 g/mol. The monoisotopic (exact) mass is 301 g/mol. The fourth-order valence-corrected chi connectivity index (χ4v) is 2.40. The van der Waals surface area contributed by atoms with Gasteiger partial charge in [-0.2, -0.15) is 0 Å². The Bertz CT molecular complexity index is 466. The van der Waals surface area contributed by atoms with Crippen LogP contribution in [0.15, 0.2) is 17.0 Å². The maximum atomic E-state index is 11.2. The molecule has 0 aliphatic rings. The van der Waals surface area contributed by atoms with E-state index in [4.69, 9.17) is 14.9 Å². The van der Waals surface area contributed by atoms with E-state index in [0.29, 0.717) is 5.69 Å². The molecule has 1 atom stereocenters. The summed E-state index contributed by atoms with van der Waals surface area (Å²) in [5.74, 6) is -0.0245. The van der Waals surface area contributed by atoms with Crippen LogP contribution in [0.25, 0.3) is 0 Å². The molecule has 0 spiro atoms. The van der Waals surface area contributed by atoms with Gasteiger partial charge in [-0.1, -0.05) is 6.92 Å². The van der Waals surface area contributed by atoms with Crippen molar-refractivity contribution in [2.24, 2.45) is 0 Å². The van der Waals surface area contributed by atoms with Gasteiger partial charge in [-0.3, -0.25) is 0 Å².